The van der Waals surface area contributed by atoms with Crippen LogP contribution < -0.4 is 5.32 Å². The van der Waals surface area contributed by atoms with Crippen LogP contribution in [0.1, 0.15) is 38.7 Å². The number of hydrogen-bond acceptors (Lipinski definition) is 3. The number of nitrogens with one attached hydrogen (secondary N) is 1. The van der Waals surface area contributed by atoms with Crippen LogP contribution in [0.2, 0.25) is 0 Å². The minimum absolute atomic E-state index is 0.498. The topological polar surface area (TPSA) is 28.2 Å². The van der Waals surface area contributed by atoms with Crippen molar-refractivity contribution < 1.29 is 0 Å². The fraction of sp³-hybridized carbons (Fsp3) is 0.688. The molecule has 0 aliphatic carbocycles. The molecule has 1 N–H and O–H groups in total. The minimum Gasteiger partial charge on any atom is -0.316 e. The molecule has 106 valence electrons. The summed E-state index contributed by atoms with van der Waals surface area (Å²) in [5, 5.41) is 3.55. The minimum atomic E-state index is 0.498. The Kier molecular flexibility index (Phi) is 5.34. The van der Waals surface area contributed by atoms with Gasteiger partial charge in [0.15, 0.2) is 0 Å². The van der Waals surface area contributed by atoms with Crippen molar-refractivity contribution in [2.45, 2.75) is 39.7 Å². The molecule has 1 fully saturated rings. The second kappa shape index (κ2) is 7.01. The van der Waals surface area contributed by atoms with Crippen molar-refractivity contribution in [3.05, 3.63) is 30.1 Å². The van der Waals surface area contributed by atoms with Crippen LogP contribution >= 0.6 is 0 Å². The fourth-order valence-electron chi connectivity index (χ4n) is 3.25. The highest BCUT2D eigenvalue weighted by Crippen LogP contribution is 2.32. The third-order valence-corrected chi connectivity index (χ3v) is 4.27. The van der Waals surface area contributed by atoms with Crippen molar-refractivity contribution in [3.63, 3.8) is 0 Å². The van der Waals surface area contributed by atoms with Gasteiger partial charge in [-0.15, -0.1) is 0 Å². The highest BCUT2D eigenvalue weighted by molar-refractivity contribution is 5.09. The molecule has 2 rings (SSSR count). The van der Waals surface area contributed by atoms with Gasteiger partial charge in [0.05, 0.1) is 0 Å². The van der Waals surface area contributed by atoms with E-state index in [1.54, 1.807) is 0 Å². The molecule has 2 heterocycles. The molecule has 1 aliphatic heterocycles. The molecule has 0 amide bonds. The summed E-state index contributed by atoms with van der Waals surface area (Å²) in [6.07, 6.45) is 7.74. The number of rotatable bonds is 7. The maximum Gasteiger partial charge on any atom is 0.0271 e. The first kappa shape index (κ1) is 14.5. The van der Waals surface area contributed by atoms with E-state index in [0.717, 1.165) is 13.1 Å². The summed E-state index contributed by atoms with van der Waals surface area (Å²) in [5.74, 6) is 0. The quantitative estimate of drug-likeness (QED) is 0.818. The van der Waals surface area contributed by atoms with E-state index in [1.165, 1.54) is 44.5 Å². The summed E-state index contributed by atoms with van der Waals surface area (Å²) in [7, 11) is 0. The molecule has 1 saturated heterocycles. The number of aromatic nitrogens is 1. The second-order valence-corrected chi connectivity index (χ2v) is 5.84. The monoisotopic (exact) mass is 261 g/mol. The van der Waals surface area contributed by atoms with Gasteiger partial charge < -0.3 is 5.32 Å². The van der Waals surface area contributed by atoms with Gasteiger partial charge in [-0.2, -0.15) is 0 Å². The van der Waals surface area contributed by atoms with Crippen LogP contribution in [0.25, 0.3) is 0 Å². The summed E-state index contributed by atoms with van der Waals surface area (Å²) in [6, 6.07) is 4.25. The summed E-state index contributed by atoms with van der Waals surface area (Å²) >= 11 is 0. The van der Waals surface area contributed by atoms with E-state index in [9.17, 15) is 0 Å². The lowest BCUT2D eigenvalue weighted by atomic mass is 9.82. The van der Waals surface area contributed by atoms with Crippen LogP contribution in [0.5, 0.6) is 0 Å². The normalized spacial score (nSPS) is 23.1. The maximum absolute atomic E-state index is 4.10. The summed E-state index contributed by atoms with van der Waals surface area (Å²) in [5.41, 5.74) is 1.87. The molecule has 0 spiro atoms. The van der Waals surface area contributed by atoms with Gasteiger partial charge in [0.25, 0.3) is 0 Å². The predicted octanol–water partition coefficient (Wildman–Crippen LogP) is 2.68. The molecule has 0 radical (unpaired) electrons. The Labute approximate surface area is 117 Å². The standard InChI is InChI=1S/C16H27N3/c1-3-7-16(8-11-18-13-16)14-19(4-2)12-15-5-9-17-10-6-15/h5-6,9-10,18H,3-4,7-8,11-14H2,1-2H3. The average molecular weight is 261 g/mol. The zero-order chi connectivity index (χ0) is 13.6. The maximum atomic E-state index is 4.10. The molecule has 0 saturated carbocycles. The zero-order valence-electron chi connectivity index (χ0n) is 12.4. The summed E-state index contributed by atoms with van der Waals surface area (Å²) < 4.78 is 0. The third-order valence-electron chi connectivity index (χ3n) is 4.27. The van der Waals surface area contributed by atoms with Gasteiger partial charge in [0.1, 0.15) is 0 Å². The van der Waals surface area contributed by atoms with Crippen LogP contribution in [0, 0.1) is 5.41 Å². The Bertz CT molecular complexity index is 358. The van der Waals surface area contributed by atoms with Gasteiger partial charge in [-0.25, -0.2) is 0 Å². The Hall–Kier alpha value is -0.930. The van der Waals surface area contributed by atoms with Crippen LogP contribution in [0.3, 0.4) is 0 Å². The average Bonchev–Trinajstić information content (AvgIpc) is 2.88. The summed E-state index contributed by atoms with van der Waals surface area (Å²) in [4.78, 5) is 6.68. The van der Waals surface area contributed by atoms with Gasteiger partial charge in [0, 0.05) is 32.0 Å². The largest absolute Gasteiger partial charge is 0.316 e. The first-order valence-electron chi connectivity index (χ1n) is 7.60. The van der Waals surface area contributed by atoms with Crippen molar-refractivity contribution in [1.29, 1.82) is 0 Å². The number of hydrogen-bond donors (Lipinski definition) is 1. The second-order valence-electron chi connectivity index (χ2n) is 5.84. The zero-order valence-corrected chi connectivity index (χ0v) is 12.4. The Morgan fingerprint density at radius 2 is 2.11 bits per heavy atom. The molecular formula is C16H27N3. The van der Waals surface area contributed by atoms with Crippen LogP contribution in [0.15, 0.2) is 24.5 Å². The van der Waals surface area contributed by atoms with E-state index in [0.29, 0.717) is 5.41 Å². The molecule has 19 heavy (non-hydrogen) atoms. The van der Waals surface area contributed by atoms with Gasteiger partial charge in [-0.05, 0) is 49.0 Å². The SMILES string of the molecule is CCCC1(CN(CC)Cc2ccncc2)CCNC1. The molecule has 1 aromatic rings. The molecule has 0 aromatic carbocycles. The van der Waals surface area contributed by atoms with E-state index in [2.05, 4.69) is 41.2 Å². The molecule has 1 aliphatic rings. The Balaban J connectivity index is 1.97. The fourth-order valence-corrected chi connectivity index (χ4v) is 3.25. The summed E-state index contributed by atoms with van der Waals surface area (Å²) in [6.45, 7) is 10.3. The van der Waals surface area contributed by atoms with E-state index >= 15 is 0 Å². The third kappa shape index (κ3) is 4.02. The van der Waals surface area contributed by atoms with E-state index in [1.807, 2.05) is 12.4 Å². The van der Waals surface area contributed by atoms with Crippen molar-refractivity contribution in [2.75, 3.05) is 26.2 Å². The number of pyridine rings is 1. The molecule has 1 unspecified atom stereocenters. The van der Waals surface area contributed by atoms with Crippen LogP contribution in [-0.4, -0.2) is 36.1 Å². The molecular weight excluding hydrogens is 234 g/mol. The van der Waals surface area contributed by atoms with E-state index in [4.69, 9.17) is 0 Å². The van der Waals surface area contributed by atoms with Gasteiger partial charge in [-0.1, -0.05) is 20.3 Å². The highest BCUT2D eigenvalue weighted by atomic mass is 15.1. The lowest BCUT2D eigenvalue weighted by molar-refractivity contribution is 0.152. The molecule has 0 bridgehead atoms. The molecule has 3 heteroatoms. The van der Waals surface area contributed by atoms with Gasteiger partial charge in [-0.3, -0.25) is 9.88 Å². The lowest BCUT2D eigenvalue weighted by Gasteiger charge is -2.34. The smallest absolute Gasteiger partial charge is 0.0271 e. The first-order chi connectivity index (χ1) is 9.28. The lowest BCUT2D eigenvalue weighted by Crippen LogP contribution is -2.39. The highest BCUT2D eigenvalue weighted by Gasteiger charge is 2.34. The van der Waals surface area contributed by atoms with E-state index in [-0.39, 0.29) is 0 Å². The molecule has 1 atom stereocenters. The van der Waals surface area contributed by atoms with Crippen LogP contribution in [0.4, 0.5) is 0 Å². The predicted molar refractivity (Wildman–Crippen MR) is 80.0 cm³/mol. The van der Waals surface area contributed by atoms with Crippen LogP contribution in [-0.2, 0) is 6.54 Å². The van der Waals surface area contributed by atoms with Crippen molar-refractivity contribution in [2.24, 2.45) is 5.41 Å². The molecule has 1 aromatic heterocycles. The van der Waals surface area contributed by atoms with Crippen molar-refractivity contribution in [1.82, 2.24) is 15.2 Å². The van der Waals surface area contributed by atoms with Gasteiger partial charge in [0.2, 0.25) is 0 Å². The van der Waals surface area contributed by atoms with E-state index < -0.39 is 0 Å². The Morgan fingerprint density at radius 1 is 1.32 bits per heavy atom. The van der Waals surface area contributed by atoms with Crippen molar-refractivity contribution >= 4 is 0 Å². The van der Waals surface area contributed by atoms with Crippen molar-refractivity contribution in [3.8, 4) is 0 Å². The van der Waals surface area contributed by atoms with Gasteiger partial charge >= 0.3 is 0 Å². The Morgan fingerprint density at radius 3 is 2.68 bits per heavy atom. The number of nitrogens with zero attached hydrogens (tertiary/aromatic N) is 2. The molecule has 3 nitrogen and oxygen atoms in total. The first-order valence-corrected chi connectivity index (χ1v) is 7.60.